The number of amidine groups is 1. The number of piperidine rings is 3. The second-order valence-corrected chi connectivity index (χ2v) is 6.01. The second-order valence-electron chi connectivity index (χ2n) is 5.57. The van der Waals surface area contributed by atoms with Gasteiger partial charge in [0.2, 0.25) is 5.72 Å². The van der Waals surface area contributed by atoms with E-state index in [0.29, 0.717) is 22.7 Å². The number of hydrogen-bond donors (Lipinski definition) is 1. The molecule has 1 N–H and O–H groups in total. The van der Waals surface area contributed by atoms with Gasteiger partial charge in [-0.05, 0) is 50.2 Å². The van der Waals surface area contributed by atoms with Crippen molar-refractivity contribution < 1.29 is 9.57 Å². The van der Waals surface area contributed by atoms with E-state index in [-0.39, 0.29) is 0 Å². The Balaban J connectivity index is 1.53. The molecule has 4 aliphatic rings. The van der Waals surface area contributed by atoms with Crippen LogP contribution < -0.4 is 10.2 Å². The first kappa shape index (κ1) is 12.4. The minimum Gasteiger partial charge on any atom is -0.425 e. The molecule has 0 aromatic heterocycles. The Bertz CT molecular complexity index is 540. The summed E-state index contributed by atoms with van der Waals surface area (Å²) in [4.78, 5) is 12.8. The first-order valence-corrected chi connectivity index (χ1v) is 7.31. The molecule has 2 bridgehead atoms. The van der Waals surface area contributed by atoms with Gasteiger partial charge in [-0.2, -0.15) is 4.99 Å². The van der Waals surface area contributed by atoms with E-state index in [0.717, 1.165) is 32.5 Å². The standard InChI is InChI=1S/C14H16ClN3O2/c15-11-1-3-12(4-2-11)19-13-16-14(20-17-13)9-18-7-5-10(14)6-8-18/h1-4,10H,5-9H2,(H,16,17). The van der Waals surface area contributed by atoms with Crippen LogP contribution in [0.2, 0.25) is 5.02 Å². The van der Waals surface area contributed by atoms with Crippen LogP contribution in [0.5, 0.6) is 5.75 Å². The molecule has 4 heterocycles. The van der Waals surface area contributed by atoms with Gasteiger partial charge in [-0.3, -0.25) is 4.90 Å². The molecule has 4 aliphatic heterocycles. The summed E-state index contributed by atoms with van der Waals surface area (Å²) in [6.07, 6.45) is 2.28. The fraction of sp³-hybridized carbons (Fsp3) is 0.500. The highest BCUT2D eigenvalue weighted by Crippen LogP contribution is 2.40. The van der Waals surface area contributed by atoms with Gasteiger partial charge in [0.15, 0.2) is 0 Å². The molecule has 0 radical (unpaired) electrons. The van der Waals surface area contributed by atoms with E-state index in [9.17, 15) is 0 Å². The Labute approximate surface area is 122 Å². The average Bonchev–Trinajstić information content (AvgIpc) is 2.85. The van der Waals surface area contributed by atoms with Crippen molar-refractivity contribution >= 4 is 17.6 Å². The minimum atomic E-state index is -0.460. The van der Waals surface area contributed by atoms with Crippen LogP contribution in [0.4, 0.5) is 0 Å². The van der Waals surface area contributed by atoms with Gasteiger partial charge in [0.25, 0.3) is 0 Å². The molecule has 1 atom stereocenters. The second kappa shape index (κ2) is 4.62. The topological polar surface area (TPSA) is 46.1 Å². The maximum absolute atomic E-state index is 5.86. The smallest absolute Gasteiger partial charge is 0.317 e. The first-order chi connectivity index (χ1) is 9.73. The van der Waals surface area contributed by atoms with E-state index < -0.39 is 5.72 Å². The third-order valence-corrected chi connectivity index (χ3v) is 4.56. The zero-order chi connectivity index (χ0) is 13.6. The zero-order valence-electron chi connectivity index (χ0n) is 11.0. The number of nitrogens with one attached hydrogen (secondary N) is 1. The summed E-state index contributed by atoms with van der Waals surface area (Å²) in [6.45, 7) is 3.15. The molecule has 5 rings (SSSR count). The molecule has 0 aliphatic carbocycles. The van der Waals surface area contributed by atoms with Gasteiger partial charge in [-0.1, -0.05) is 11.6 Å². The lowest BCUT2D eigenvalue weighted by molar-refractivity contribution is -0.155. The fourth-order valence-corrected chi connectivity index (χ4v) is 3.37. The third-order valence-electron chi connectivity index (χ3n) is 4.31. The monoisotopic (exact) mass is 293 g/mol. The maximum Gasteiger partial charge on any atom is 0.317 e. The minimum absolute atomic E-state index is 0.432. The van der Waals surface area contributed by atoms with Crippen molar-refractivity contribution in [3.05, 3.63) is 29.3 Å². The third kappa shape index (κ3) is 2.06. The highest BCUT2D eigenvalue weighted by atomic mass is 35.5. The molecule has 20 heavy (non-hydrogen) atoms. The van der Waals surface area contributed by atoms with Crippen molar-refractivity contribution in [3.63, 3.8) is 0 Å². The predicted octanol–water partition coefficient (Wildman–Crippen LogP) is 2.03. The van der Waals surface area contributed by atoms with E-state index in [2.05, 4.69) is 15.4 Å². The molecule has 0 saturated carbocycles. The van der Waals surface area contributed by atoms with Crippen molar-refractivity contribution in [2.75, 3.05) is 19.6 Å². The quantitative estimate of drug-likeness (QED) is 0.861. The number of benzene rings is 1. The molecule has 6 heteroatoms. The van der Waals surface area contributed by atoms with Crippen LogP contribution in [0.25, 0.3) is 0 Å². The summed E-state index contributed by atoms with van der Waals surface area (Å²) in [7, 11) is 0. The Morgan fingerprint density at radius 3 is 2.70 bits per heavy atom. The number of ether oxygens (including phenoxy) is 1. The summed E-state index contributed by atoms with van der Waals surface area (Å²) in [5.74, 6) is 1.17. The van der Waals surface area contributed by atoms with Gasteiger partial charge in [0, 0.05) is 10.9 Å². The fourth-order valence-electron chi connectivity index (χ4n) is 3.24. The van der Waals surface area contributed by atoms with Crippen molar-refractivity contribution in [1.82, 2.24) is 10.4 Å². The number of halogens is 1. The van der Waals surface area contributed by atoms with Gasteiger partial charge < -0.3 is 4.74 Å². The van der Waals surface area contributed by atoms with Crippen LogP contribution in [0, 0.1) is 5.92 Å². The van der Waals surface area contributed by atoms with Crippen molar-refractivity contribution in [3.8, 4) is 5.75 Å². The molecule has 1 aromatic carbocycles. The molecule has 1 unspecified atom stereocenters. The molecular formula is C14H16ClN3O2. The van der Waals surface area contributed by atoms with Gasteiger partial charge in [-0.15, -0.1) is 0 Å². The van der Waals surface area contributed by atoms with Gasteiger partial charge in [0.05, 0.1) is 6.54 Å². The number of aliphatic imine (C=N–C) groups is 1. The van der Waals surface area contributed by atoms with Crippen LogP contribution in [-0.2, 0) is 4.84 Å². The van der Waals surface area contributed by atoms with E-state index in [1.54, 1.807) is 12.1 Å². The van der Waals surface area contributed by atoms with Crippen molar-refractivity contribution in [1.29, 1.82) is 0 Å². The summed E-state index contributed by atoms with van der Waals surface area (Å²) in [5.41, 5.74) is 2.37. The van der Waals surface area contributed by atoms with Crippen LogP contribution in [-0.4, -0.2) is 36.3 Å². The Morgan fingerprint density at radius 2 is 2.05 bits per heavy atom. The average molecular weight is 294 g/mol. The summed E-state index contributed by atoms with van der Waals surface area (Å²) < 4.78 is 5.70. The van der Waals surface area contributed by atoms with Gasteiger partial charge in [-0.25, -0.2) is 10.3 Å². The van der Waals surface area contributed by atoms with E-state index in [1.165, 1.54) is 0 Å². The van der Waals surface area contributed by atoms with Crippen LogP contribution >= 0.6 is 11.6 Å². The number of rotatable bonds is 1. The van der Waals surface area contributed by atoms with Gasteiger partial charge in [0.1, 0.15) is 5.75 Å². The van der Waals surface area contributed by atoms with Crippen LogP contribution in [0.1, 0.15) is 12.8 Å². The molecule has 106 valence electrons. The number of hydroxylamine groups is 1. The maximum atomic E-state index is 5.86. The SMILES string of the molecule is Clc1ccc(OC2=NC3(CN4CCC3CC4)ON2)cc1. The molecule has 3 saturated heterocycles. The van der Waals surface area contributed by atoms with Crippen LogP contribution in [0.15, 0.2) is 29.3 Å². The van der Waals surface area contributed by atoms with E-state index >= 15 is 0 Å². The molecule has 5 nitrogen and oxygen atoms in total. The van der Waals surface area contributed by atoms with Gasteiger partial charge >= 0.3 is 6.02 Å². The predicted molar refractivity (Wildman–Crippen MR) is 75.6 cm³/mol. The Hall–Kier alpha value is -1.30. The highest BCUT2D eigenvalue weighted by Gasteiger charge is 2.51. The molecule has 0 amide bonds. The molecular weight excluding hydrogens is 278 g/mol. The zero-order valence-corrected chi connectivity index (χ0v) is 11.8. The molecule has 1 spiro atoms. The van der Waals surface area contributed by atoms with Crippen molar-refractivity contribution in [2.24, 2.45) is 10.9 Å². The molecule has 1 aromatic rings. The summed E-state index contributed by atoms with van der Waals surface area (Å²) in [5, 5.41) is 0.684. The summed E-state index contributed by atoms with van der Waals surface area (Å²) >= 11 is 5.86. The summed E-state index contributed by atoms with van der Waals surface area (Å²) in [6, 6.07) is 7.64. The number of fused-ring (bicyclic) bond motifs is 2. The Kier molecular flexibility index (Phi) is 2.87. The number of hydrogen-bond acceptors (Lipinski definition) is 5. The lowest BCUT2D eigenvalue weighted by atomic mass is 9.81. The van der Waals surface area contributed by atoms with E-state index in [1.807, 2.05) is 12.1 Å². The largest absolute Gasteiger partial charge is 0.425 e. The lowest BCUT2D eigenvalue weighted by Crippen LogP contribution is -2.58. The normalized spacial score (nSPS) is 35.0. The highest BCUT2D eigenvalue weighted by molar-refractivity contribution is 6.30. The molecule has 3 fully saturated rings. The van der Waals surface area contributed by atoms with Crippen LogP contribution in [0.3, 0.4) is 0 Å². The lowest BCUT2D eigenvalue weighted by Gasteiger charge is -2.47. The van der Waals surface area contributed by atoms with E-state index in [4.69, 9.17) is 21.2 Å². The first-order valence-electron chi connectivity index (χ1n) is 6.93. The Morgan fingerprint density at radius 1 is 1.30 bits per heavy atom. The number of nitrogens with zero attached hydrogens (tertiary/aromatic N) is 2. The van der Waals surface area contributed by atoms with Crippen molar-refractivity contribution in [2.45, 2.75) is 18.6 Å².